The lowest BCUT2D eigenvalue weighted by molar-refractivity contribution is 0.399. The summed E-state index contributed by atoms with van der Waals surface area (Å²) in [6, 6.07) is 15.8. The summed E-state index contributed by atoms with van der Waals surface area (Å²) in [7, 11) is 0. The van der Waals surface area contributed by atoms with Gasteiger partial charge in [0, 0.05) is 23.9 Å². The molecular weight excluding hydrogens is 382 g/mol. The number of para-hydroxylation sites is 2. The van der Waals surface area contributed by atoms with Crippen molar-refractivity contribution in [2.75, 3.05) is 0 Å². The Morgan fingerprint density at radius 1 is 0.897 bits per heavy atom. The van der Waals surface area contributed by atoms with Crippen molar-refractivity contribution in [2.24, 2.45) is 0 Å². The number of aromatic hydroxyl groups is 1. The third-order valence-corrected chi connectivity index (χ3v) is 5.55. The Bertz CT molecular complexity index is 1330. The van der Waals surface area contributed by atoms with Crippen LogP contribution >= 0.6 is 12.2 Å². The van der Waals surface area contributed by atoms with Gasteiger partial charge in [0.25, 0.3) is 5.56 Å². The molecule has 2 aromatic heterocycles. The lowest BCUT2D eigenvalue weighted by Gasteiger charge is -2.14. The van der Waals surface area contributed by atoms with Crippen molar-refractivity contribution in [2.45, 2.75) is 26.9 Å². The lowest BCUT2D eigenvalue weighted by atomic mass is 10.0. The molecule has 0 aliphatic carbocycles. The number of fused-ring (bicyclic) bond motifs is 2. The molecule has 29 heavy (non-hydrogen) atoms. The maximum absolute atomic E-state index is 12.9. The molecule has 0 fully saturated rings. The van der Waals surface area contributed by atoms with E-state index in [0.717, 1.165) is 27.4 Å². The summed E-state index contributed by atoms with van der Waals surface area (Å²) < 4.78 is 3.40. The van der Waals surface area contributed by atoms with Gasteiger partial charge in [-0.25, -0.2) is 4.98 Å². The molecule has 0 amide bonds. The molecule has 0 saturated carbocycles. The Morgan fingerprint density at radius 2 is 1.41 bits per heavy atom. The van der Waals surface area contributed by atoms with Crippen molar-refractivity contribution >= 4 is 46.2 Å². The highest BCUT2D eigenvalue weighted by Crippen LogP contribution is 2.28. The fourth-order valence-corrected chi connectivity index (χ4v) is 4.07. The molecule has 0 atom stereocenters. The average molecular weight is 404 g/mol. The molecule has 0 saturated heterocycles. The lowest BCUT2D eigenvalue weighted by Crippen LogP contribution is -2.26. The maximum atomic E-state index is 12.9. The molecular formula is C23H21N3O2S. The van der Waals surface area contributed by atoms with Crippen LogP contribution in [-0.2, 0) is 13.1 Å². The number of rotatable bonds is 4. The van der Waals surface area contributed by atoms with E-state index in [1.165, 1.54) is 4.57 Å². The first-order chi connectivity index (χ1) is 14.1. The quantitative estimate of drug-likeness (QED) is 0.385. The topological polar surface area (TPSA) is 60.0 Å². The van der Waals surface area contributed by atoms with Gasteiger partial charge in [0.05, 0.1) is 11.0 Å². The molecule has 2 heterocycles. The van der Waals surface area contributed by atoms with Crippen molar-refractivity contribution in [1.29, 1.82) is 0 Å². The molecule has 6 heteroatoms. The van der Waals surface area contributed by atoms with Crippen LogP contribution in [0.2, 0.25) is 0 Å². The van der Waals surface area contributed by atoms with Gasteiger partial charge < -0.3 is 5.11 Å². The summed E-state index contributed by atoms with van der Waals surface area (Å²) in [5.41, 5.74) is 2.65. The van der Waals surface area contributed by atoms with Gasteiger partial charge in [0.2, 0.25) is 5.88 Å². The first-order valence-electron chi connectivity index (χ1n) is 9.59. The molecule has 0 aliphatic rings. The van der Waals surface area contributed by atoms with E-state index in [1.807, 2.05) is 68.5 Å². The van der Waals surface area contributed by atoms with E-state index in [4.69, 9.17) is 17.2 Å². The Hall–Kier alpha value is -3.25. The van der Waals surface area contributed by atoms with Gasteiger partial charge in [-0.2, -0.15) is 0 Å². The molecule has 146 valence electrons. The summed E-state index contributed by atoms with van der Waals surface area (Å²) in [6.45, 7) is 4.68. The van der Waals surface area contributed by atoms with Crippen LogP contribution in [0.3, 0.4) is 0 Å². The number of aromatic nitrogens is 3. The number of pyridine rings is 1. The SMILES string of the molecule is CCn1c(O)c(/C=C/c2c3ccccc3nc3ccccc23)c(=O)n(CC)c1=S. The van der Waals surface area contributed by atoms with E-state index in [1.54, 1.807) is 10.6 Å². The Balaban J connectivity index is 2.01. The predicted molar refractivity (Wildman–Crippen MR) is 121 cm³/mol. The molecule has 5 nitrogen and oxygen atoms in total. The van der Waals surface area contributed by atoms with Crippen molar-refractivity contribution in [3.63, 3.8) is 0 Å². The summed E-state index contributed by atoms with van der Waals surface area (Å²) in [5.74, 6) is -0.105. The molecule has 0 bridgehead atoms. The van der Waals surface area contributed by atoms with Gasteiger partial charge in [-0.1, -0.05) is 42.5 Å². The number of nitrogens with zero attached hydrogens (tertiary/aromatic N) is 3. The normalized spacial score (nSPS) is 11.7. The third kappa shape index (κ3) is 3.15. The van der Waals surface area contributed by atoms with E-state index in [2.05, 4.69) is 0 Å². The summed E-state index contributed by atoms with van der Waals surface area (Å²) in [4.78, 5) is 17.6. The summed E-state index contributed by atoms with van der Waals surface area (Å²) in [6.07, 6.45) is 3.56. The number of hydrogen-bond acceptors (Lipinski definition) is 4. The molecule has 4 aromatic rings. The zero-order valence-electron chi connectivity index (χ0n) is 16.3. The van der Waals surface area contributed by atoms with Crippen molar-refractivity contribution in [3.05, 3.63) is 74.8 Å². The summed E-state index contributed by atoms with van der Waals surface area (Å²) in [5, 5.41) is 12.7. The standard InChI is InChI=1S/C23H21N3O2S/c1-3-25-21(27)18(22(28)26(4-2)23(25)29)14-13-15-16-9-5-7-11-19(16)24-20-12-8-6-10-17(15)20/h5-14,27H,3-4H2,1-2H3/b14-13+. The largest absolute Gasteiger partial charge is 0.494 e. The van der Waals surface area contributed by atoms with Gasteiger partial charge in [0.15, 0.2) is 4.77 Å². The molecule has 0 unspecified atom stereocenters. The molecule has 2 aromatic carbocycles. The van der Waals surface area contributed by atoms with Gasteiger partial charge >= 0.3 is 0 Å². The van der Waals surface area contributed by atoms with Gasteiger partial charge in [0.1, 0.15) is 5.56 Å². The minimum Gasteiger partial charge on any atom is -0.494 e. The van der Waals surface area contributed by atoms with Crippen molar-refractivity contribution < 1.29 is 5.11 Å². The number of benzene rings is 2. The predicted octanol–water partition coefficient (Wildman–Crippen LogP) is 5.00. The van der Waals surface area contributed by atoms with Crippen LogP contribution in [0, 0.1) is 4.77 Å². The minimum absolute atomic E-state index is 0.105. The highest BCUT2D eigenvalue weighted by Gasteiger charge is 2.14. The van der Waals surface area contributed by atoms with Crippen LogP contribution in [0.25, 0.3) is 34.0 Å². The van der Waals surface area contributed by atoms with E-state index in [-0.39, 0.29) is 17.0 Å². The smallest absolute Gasteiger partial charge is 0.265 e. The molecule has 0 radical (unpaired) electrons. The number of hydrogen-bond donors (Lipinski definition) is 1. The first-order valence-corrected chi connectivity index (χ1v) is 9.99. The summed E-state index contributed by atoms with van der Waals surface area (Å²) >= 11 is 5.36. The monoisotopic (exact) mass is 403 g/mol. The maximum Gasteiger partial charge on any atom is 0.265 e. The first kappa shape index (κ1) is 19.1. The zero-order chi connectivity index (χ0) is 20.5. The average Bonchev–Trinajstić information content (AvgIpc) is 2.73. The molecule has 4 rings (SSSR count). The van der Waals surface area contributed by atoms with Crippen LogP contribution in [0.1, 0.15) is 25.0 Å². The Kier molecular flexibility index (Phi) is 5.03. The van der Waals surface area contributed by atoms with Crippen LogP contribution in [-0.4, -0.2) is 19.2 Å². The van der Waals surface area contributed by atoms with Gasteiger partial charge in [-0.3, -0.25) is 13.9 Å². The second-order valence-corrected chi connectivity index (χ2v) is 7.07. The van der Waals surface area contributed by atoms with Crippen LogP contribution in [0.4, 0.5) is 0 Å². The Morgan fingerprint density at radius 3 is 1.97 bits per heavy atom. The zero-order valence-corrected chi connectivity index (χ0v) is 17.1. The van der Waals surface area contributed by atoms with Crippen molar-refractivity contribution in [3.8, 4) is 5.88 Å². The van der Waals surface area contributed by atoms with Crippen molar-refractivity contribution in [1.82, 2.24) is 14.1 Å². The second-order valence-electron chi connectivity index (χ2n) is 6.71. The van der Waals surface area contributed by atoms with Gasteiger partial charge in [-0.05, 0) is 49.8 Å². The third-order valence-electron chi connectivity index (χ3n) is 5.11. The Labute approximate surface area is 173 Å². The highest BCUT2D eigenvalue weighted by atomic mass is 32.1. The van der Waals surface area contributed by atoms with E-state index < -0.39 is 0 Å². The second kappa shape index (κ2) is 7.64. The molecule has 1 N–H and O–H groups in total. The van der Waals surface area contributed by atoms with Crippen LogP contribution in [0.5, 0.6) is 5.88 Å². The minimum atomic E-state index is -0.293. The van der Waals surface area contributed by atoms with Crippen LogP contribution in [0.15, 0.2) is 53.3 Å². The molecule has 0 aliphatic heterocycles. The fourth-order valence-electron chi connectivity index (χ4n) is 3.64. The van der Waals surface area contributed by atoms with E-state index in [9.17, 15) is 9.90 Å². The van der Waals surface area contributed by atoms with Crippen LogP contribution < -0.4 is 5.56 Å². The van der Waals surface area contributed by atoms with E-state index >= 15 is 0 Å². The highest BCUT2D eigenvalue weighted by molar-refractivity contribution is 7.71. The van der Waals surface area contributed by atoms with E-state index in [0.29, 0.717) is 17.9 Å². The fraction of sp³-hybridized carbons (Fsp3) is 0.174. The van der Waals surface area contributed by atoms with Gasteiger partial charge in [-0.15, -0.1) is 0 Å². The molecule has 0 spiro atoms.